The molecule has 1 amide bonds. The van der Waals surface area contributed by atoms with E-state index >= 15 is 0 Å². The first kappa shape index (κ1) is 13.8. The highest BCUT2D eigenvalue weighted by atomic mass is 16.2. The quantitative estimate of drug-likeness (QED) is 0.831. The fourth-order valence-corrected chi connectivity index (χ4v) is 2.69. The SMILES string of the molecule is Cc1ccn2c(=O)c(C(=O)N3CCCC(N)C3)cnc2c1. The van der Waals surface area contributed by atoms with Crippen molar-refractivity contribution in [3.05, 3.63) is 46.0 Å². The molecular formula is C15H18N4O2. The number of piperidine rings is 1. The van der Waals surface area contributed by atoms with E-state index in [1.807, 2.05) is 19.1 Å². The molecular weight excluding hydrogens is 268 g/mol. The second-order valence-electron chi connectivity index (χ2n) is 5.56. The minimum Gasteiger partial charge on any atom is -0.337 e. The van der Waals surface area contributed by atoms with Crippen LogP contribution in [-0.4, -0.2) is 39.3 Å². The monoisotopic (exact) mass is 286 g/mol. The van der Waals surface area contributed by atoms with Gasteiger partial charge < -0.3 is 10.6 Å². The lowest BCUT2D eigenvalue weighted by Crippen LogP contribution is -2.47. The van der Waals surface area contributed by atoms with Crippen LogP contribution in [0.25, 0.3) is 5.65 Å². The molecule has 21 heavy (non-hydrogen) atoms. The van der Waals surface area contributed by atoms with Gasteiger partial charge in [-0.05, 0) is 37.5 Å². The average molecular weight is 286 g/mol. The maximum atomic E-state index is 12.5. The molecule has 1 fully saturated rings. The van der Waals surface area contributed by atoms with E-state index in [0.29, 0.717) is 18.7 Å². The van der Waals surface area contributed by atoms with Crippen LogP contribution in [-0.2, 0) is 0 Å². The van der Waals surface area contributed by atoms with Gasteiger partial charge >= 0.3 is 0 Å². The fraction of sp³-hybridized carbons (Fsp3) is 0.400. The molecule has 3 heterocycles. The Morgan fingerprint density at radius 3 is 3.05 bits per heavy atom. The Morgan fingerprint density at radius 2 is 2.29 bits per heavy atom. The second kappa shape index (κ2) is 5.29. The van der Waals surface area contributed by atoms with Crippen molar-refractivity contribution in [3.63, 3.8) is 0 Å². The summed E-state index contributed by atoms with van der Waals surface area (Å²) in [6.07, 6.45) is 4.81. The summed E-state index contributed by atoms with van der Waals surface area (Å²) in [5.74, 6) is -0.280. The predicted octanol–water partition coefficient (Wildman–Crippen LogP) is 0.566. The number of fused-ring (bicyclic) bond motifs is 1. The van der Waals surface area contributed by atoms with Crippen LogP contribution >= 0.6 is 0 Å². The lowest BCUT2D eigenvalue weighted by molar-refractivity contribution is 0.0706. The van der Waals surface area contributed by atoms with Gasteiger partial charge in [0.25, 0.3) is 11.5 Å². The van der Waals surface area contributed by atoms with E-state index in [2.05, 4.69) is 4.98 Å². The summed E-state index contributed by atoms with van der Waals surface area (Å²) in [5, 5.41) is 0. The van der Waals surface area contributed by atoms with E-state index in [0.717, 1.165) is 18.4 Å². The molecule has 0 aliphatic carbocycles. The molecule has 1 atom stereocenters. The number of carbonyl (C=O) groups excluding carboxylic acids is 1. The Kier molecular flexibility index (Phi) is 3.47. The van der Waals surface area contributed by atoms with Crippen LogP contribution in [0, 0.1) is 6.92 Å². The average Bonchev–Trinajstić information content (AvgIpc) is 2.47. The van der Waals surface area contributed by atoms with Crippen molar-refractivity contribution in [1.29, 1.82) is 0 Å². The molecule has 0 aromatic carbocycles. The van der Waals surface area contributed by atoms with Gasteiger partial charge in [0.05, 0.1) is 0 Å². The Balaban J connectivity index is 2.00. The maximum Gasteiger partial charge on any atom is 0.270 e. The maximum absolute atomic E-state index is 12.5. The first-order valence-electron chi connectivity index (χ1n) is 7.09. The first-order chi connectivity index (χ1) is 10.1. The highest BCUT2D eigenvalue weighted by Gasteiger charge is 2.24. The molecule has 2 aromatic heterocycles. The molecule has 1 aliphatic rings. The molecule has 0 saturated carbocycles. The molecule has 0 radical (unpaired) electrons. The number of aromatic nitrogens is 2. The summed E-state index contributed by atoms with van der Waals surface area (Å²) in [4.78, 5) is 30.8. The van der Waals surface area contributed by atoms with Gasteiger partial charge in [-0.15, -0.1) is 0 Å². The zero-order valence-electron chi connectivity index (χ0n) is 12.0. The van der Waals surface area contributed by atoms with Gasteiger partial charge in [0.15, 0.2) is 0 Å². The van der Waals surface area contributed by atoms with Crippen LogP contribution in [0.2, 0.25) is 0 Å². The zero-order chi connectivity index (χ0) is 15.0. The molecule has 0 bridgehead atoms. The molecule has 2 N–H and O–H groups in total. The van der Waals surface area contributed by atoms with Gasteiger partial charge in [0.2, 0.25) is 0 Å². The highest BCUT2D eigenvalue weighted by Crippen LogP contribution is 2.11. The molecule has 6 heteroatoms. The summed E-state index contributed by atoms with van der Waals surface area (Å²) in [5.41, 5.74) is 7.23. The minimum atomic E-state index is -0.329. The third-order valence-corrected chi connectivity index (χ3v) is 3.84. The third-order valence-electron chi connectivity index (χ3n) is 3.84. The number of rotatable bonds is 1. The normalized spacial score (nSPS) is 19.0. The van der Waals surface area contributed by atoms with Gasteiger partial charge in [0.1, 0.15) is 11.2 Å². The Morgan fingerprint density at radius 1 is 1.48 bits per heavy atom. The number of hydrogen-bond donors (Lipinski definition) is 1. The third kappa shape index (κ3) is 2.54. The standard InChI is InChI=1S/C15H18N4O2/c1-10-4-6-19-13(7-10)17-8-12(15(19)21)14(20)18-5-2-3-11(16)9-18/h4,6-8,11H,2-3,5,9,16H2,1H3. The number of nitrogens with two attached hydrogens (primary N) is 1. The Hall–Kier alpha value is -2.21. The number of hydrogen-bond acceptors (Lipinski definition) is 4. The van der Waals surface area contributed by atoms with E-state index in [4.69, 9.17) is 5.73 Å². The minimum absolute atomic E-state index is 0.0125. The zero-order valence-corrected chi connectivity index (χ0v) is 12.0. The van der Waals surface area contributed by atoms with Gasteiger partial charge in [-0.2, -0.15) is 0 Å². The molecule has 1 unspecified atom stereocenters. The van der Waals surface area contributed by atoms with Crippen LogP contribution in [0.3, 0.4) is 0 Å². The fourth-order valence-electron chi connectivity index (χ4n) is 2.69. The molecule has 110 valence electrons. The molecule has 0 spiro atoms. The summed E-state index contributed by atoms with van der Waals surface area (Å²) in [7, 11) is 0. The van der Waals surface area contributed by atoms with Gasteiger partial charge in [-0.1, -0.05) is 0 Å². The van der Waals surface area contributed by atoms with Gasteiger partial charge in [-0.3, -0.25) is 14.0 Å². The second-order valence-corrected chi connectivity index (χ2v) is 5.56. The molecule has 2 aromatic rings. The van der Waals surface area contributed by atoms with Crippen LogP contribution in [0.1, 0.15) is 28.8 Å². The summed E-state index contributed by atoms with van der Waals surface area (Å²) >= 11 is 0. The number of nitrogens with zero attached hydrogens (tertiary/aromatic N) is 3. The van der Waals surface area contributed by atoms with E-state index in [1.54, 1.807) is 11.1 Å². The number of amides is 1. The van der Waals surface area contributed by atoms with Crippen LogP contribution in [0.4, 0.5) is 0 Å². The lowest BCUT2D eigenvalue weighted by Gasteiger charge is -2.30. The van der Waals surface area contributed by atoms with Crippen molar-refractivity contribution < 1.29 is 4.79 Å². The number of pyridine rings is 1. The Labute approximate surface area is 122 Å². The summed E-state index contributed by atoms with van der Waals surface area (Å²) in [6.45, 7) is 3.07. The van der Waals surface area contributed by atoms with Crippen molar-refractivity contribution in [3.8, 4) is 0 Å². The number of carbonyl (C=O) groups is 1. The van der Waals surface area contributed by atoms with Crippen molar-refractivity contribution in [2.75, 3.05) is 13.1 Å². The summed E-state index contributed by atoms with van der Waals surface area (Å²) in [6, 6.07) is 3.62. The molecule has 1 aliphatic heterocycles. The first-order valence-corrected chi connectivity index (χ1v) is 7.09. The highest BCUT2D eigenvalue weighted by molar-refractivity contribution is 5.93. The summed E-state index contributed by atoms with van der Waals surface area (Å²) < 4.78 is 1.41. The number of aryl methyl sites for hydroxylation is 1. The molecule has 3 rings (SSSR count). The smallest absolute Gasteiger partial charge is 0.270 e. The lowest BCUT2D eigenvalue weighted by atomic mass is 10.1. The van der Waals surface area contributed by atoms with Gasteiger partial charge in [0, 0.05) is 31.5 Å². The number of likely N-dealkylation sites (tertiary alicyclic amines) is 1. The van der Waals surface area contributed by atoms with Crippen molar-refractivity contribution in [2.45, 2.75) is 25.8 Å². The van der Waals surface area contributed by atoms with Crippen LogP contribution < -0.4 is 11.3 Å². The Bertz CT molecular complexity index is 753. The van der Waals surface area contributed by atoms with Crippen LogP contribution in [0.5, 0.6) is 0 Å². The van der Waals surface area contributed by atoms with E-state index in [1.165, 1.54) is 10.6 Å². The van der Waals surface area contributed by atoms with Crippen LogP contribution in [0.15, 0.2) is 29.3 Å². The molecule has 1 saturated heterocycles. The molecule has 6 nitrogen and oxygen atoms in total. The van der Waals surface area contributed by atoms with Crippen molar-refractivity contribution >= 4 is 11.6 Å². The van der Waals surface area contributed by atoms with Gasteiger partial charge in [-0.25, -0.2) is 4.98 Å². The van der Waals surface area contributed by atoms with E-state index < -0.39 is 0 Å². The van der Waals surface area contributed by atoms with E-state index in [-0.39, 0.29) is 23.1 Å². The van der Waals surface area contributed by atoms with Crippen molar-refractivity contribution in [1.82, 2.24) is 14.3 Å². The predicted molar refractivity (Wildman–Crippen MR) is 79.3 cm³/mol. The topological polar surface area (TPSA) is 80.7 Å². The van der Waals surface area contributed by atoms with Crippen molar-refractivity contribution in [2.24, 2.45) is 5.73 Å². The van der Waals surface area contributed by atoms with E-state index in [9.17, 15) is 9.59 Å². The largest absolute Gasteiger partial charge is 0.337 e.